The van der Waals surface area contributed by atoms with E-state index in [0.717, 1.165) is 17.0 Å². The predicted molar refractivity (Wildman–Crippen MR) is 82.2 cm³/mol. The number of allylic oxidation sites excluding steroid dienone is 4. The van der Waals surface area contributed by atoms with Crippen LogP contribution in [0.15, 0.2) is 60.1 Å². The van der Waals surface area contributed by atoms with Crippen LogP contribution in [0.25, 0.3) is 17.0 Å². The molecule has 6 nitrogen and oxygen atoms in total. The Labute approximate surface area is 124 Å². The van der Waals surface area contributed by atoms with Gasteiger partial charge in [0.05, 0.1) is 11.7 Å². The first-order chi connectivity index (χ1) is 10.4. The summed E-state index contributed by atoms with van der Waals surface area (Å²) in [4.78, 5) is 19.4. The van der Waals surface area contributed by atoms with Gasteiger partial charge in [-0.25, -0.2) is 15.0 Å². The average molecular weight is 294 g/mol. The fourth-order valence-corrected chi connectivity index (χ4v) is 2.54. The van der Waals surface area contributed by atoms with Gasteiger partial charge in [0.25, 0.3) is 0 Å². The highest BCUT2D eigenvalue weighted by atomic mass is 32.1. The minimum atomic E-state index is 0.593. The lowest BCUT2D eigenvalue weighted by Gasteiger charge is -2.12. The molecule has 0 spiro atoms. The molecule has 21 heavy (non-hydrogen) atoms. The number of aromatic nitrogens is 5. The van der Waals surface area contributed by atoms with Crippen LogP contribution in [0.3, 0.4) is 0 Å². The second-order valence-corrected chi connectivity index (χ2v) is 5.03. The molecule has 0 atom stereocenters. The Balaban J connectivity index is 1.84. The molecule has 1 aliphatic rings. The molecular formula is C14H10N6S. The van der Waals surface area contributed by atoms with Crippen LogP contribution in [-0.4, -0.2) is 24.5 Å². The fraction of sp³-hybridized carbons (Fsp3) is 0. The van der Waals surface area contributed by atoms with E-state index in [1.807, 2.05) is 51.6 Å². The van der Waals surface area contributed by atoms with Gasteiger partial charge < -0.3 is 0 Å². The molecule has 0 saturated heterocycles. The molecule has 0 amide bonds. The van der Waals surface area contributed by atoms with Crippen LogP contribution >= 0.6 is 11.3 Å². The smallest absolute Gasteiger partial charge is 0.235 e. The van der Waals surface area contributed by atoms with Gasteiger partial charge in [-0.1, -0.05) is 12.2 Å². The van der Waals surface area contributed by atoms with E-state index in [0.29, 0.717) is 5.95 Å². The van der Waals surface area contributed by atoms with E-state index in [-0.39, 0.29) is 0 Å². The van der Waals surface area contributed by atoms with Crippen LogP contribution in [0.4, 0.5) is 5.95 Å². The molecule has 0 bridgehead atoms. The molecule has 3 aromatic rings. The summed E-state index contributed by atoms with van der Waals surface area (Å²) in [5.74, 6) is 1.41. The molecule has 102 valence electrons. The largest absolute Gasteiger partial charge is 0.293 e. The quantitative estimate of drug-likeness (QED) is 0.727. The fourth-order valence-electron chi connectivity index (χ4n) is 2.01. The Kier molecular flexibility index (Phi) is 2.82. The highest BCUT2D eigenvalue weighted by Gasteiger charge is 2.11. The van der Waals surface area contributed by atoms with Crippen LogP contribution in [0, 0.1) is 0 Å². The zero-order chi connectivity index (χ0) is 14.1. The van der Waals surface area contributed by atoms with Crippen LogP contribution in [0.2, 0.25) is 0 Å². The van der Waals surface area contributed by atoms with Crippen LogP contribution in [0.5, 0.6) is 0 Å². The summed E-state index contributed by atoms with van der Waals surface area (Å²) >= 11 is 1.54. The maximum absolute atomic E-state index is 4.61. The van der Waals surface area contributed by atoms with Crippen molar-refractivity contribution < 1.29 is 0 Å². The number of hydrogen-bond acceptors (Lipinski definition) is 6. The molecule has 0 N–H and O–H groups in total. The monoisotopic (exact) mass is 294 g/mol. The Bertz CT molecular complexity index is 843. The van der Waals surface area contributed by atoms with Gasteiger partial charge in [-0.3, -0.25) is 9.47 Å². The lowest BCUT2D eigenvalue weighted by molar-refractivity contribution is 1.01. The van der Waals surface area contributed by atoms with E-state index in [9.17, 15) is 0 Å². The number of nitrogens with zero attached hydrogens (tertiary/aromatic N) is 6. The molecule has 0 aliphatic carbocycles. The van der Waals surface area contributed by atoms with Crippen molar-refractivity contribution in [2.75, 3.05) is 4.90 Å². The van der Waals surface area contributed by atoms with E-state index in [1.54, 1.807) is 18.0 Å². The number of hydrogen-bond donors (Lipinski definition) is 0. The maximum Gasteiger partial charge on any atom is 0.235 e. The standard InChI is InChI=1S/C14H10N6S/c1-2-4-6-19(5-3-1)14-15-7-11-13(18-14)20(9-16-11)12-8-21-10-17-12/h1-10H. The third-order valence-corrected chi connectivity index (χ3v) is 3.58. The Morgan fingerprint density at radius 2 is 1.81 bits per heavy atom. The SMILES string of the molecule is C1=CC=CN(c2ncc3ncn(-c4cscn4)c3n2)C=C1. The molecule has 1 aliphatic heterocycles. The molecule has 3 aromatic heterocycles. The second-order valence-electron chi connectivity index (χ2n) is 4.32. The van der Waals surface area contributed by atoms with Crippen molar-refractivity contribution in [2.24, 2.45) is 0 Å². The number of rotatable bonds is 2. The van der Waals surface area contributed by atoms with Crippen molar-refractivity contribution in [2.45, 2.75) is 0 Å². The summed E-state index contributed by atoms with van der Waals surface area (Å²) in [6, 6.07) is 0. The molecule has 0 aromatic carbocycles. The van der Waals surface area contributed by atoms with E-state index in [4.69, 9.17) is 0 Å². The molecule has 7 heteroatoms. The normalized spacial score (nSPS) is 14.0. The molecule has 0 radical (unpaired) electrons. The summed E-state index contributed by atoms with van der Waals surface area (Å²) in [6.45, 7) is 0. The third-order valence-electron chi connectivity index (χ3n) is 3.00. The third kappa shape index (κ3) is 2.13. The molecule has 4 rings (SSSR count). The summed E-state index contributed by atoms with van der Waals surface area (Å²) in [5.41, 5.74) is 3.27. The van der Waals surface area contributed by atoms with Crippen molar-refractivity contribution in [3.8, 4) is 5.82 Å². The first-order valence-corrected chi connectivity index (χ1v) is 7.25. The minimum absolute atomic E-state index is 0.593. The Hall–Kier alpha value is -2.80. The van der Waals surface area contributed by atoms with Gasteiger partial charge in [0.1, 0.15) is 11.8 Å². The number of fused-ring (bicyclic) bond motifs is 1. The molecule has 4 heterocycles. The molecule has 0 unspecified atom stereocenters. The van der Waals surface area contributed by atoms with Crippen molar-refractivity contribution in [3.63, 3.8) is 0 Å². The summed E-state index contributed by atoms with van der Waals surface area (Å²) in [5, 5.41) is 1.96. The van der Waals surface area contributed by atoms with E-state index < -0.39 is 0 Å². The zero-order valence-electron chi connectivity index (χ0n) is 10.9. The number of anilines is 1. The predicted octanol–water partition coefficient (Wildman–Crippen LogP) is 2.68. The van der Waals surface area contributed by atoms with E-state index in [2.05, 4.69) is 19.9 Å². The van der Waals surface area contributed by atoms with E-state index >= 15 is 0 Å². The number of imidazole rings is 1. The van der Waals surface area contributed by atoms with Gasteiger partial charge in [0, 0.05) is 17.8 Å². The lowest BCUT2D eigenvalue weighted by Crippen LogP contribution is -2.10. The van der Waals surface area contributed by atoms with Crippen LogP contribution in [-0.2, 0) is 0 Å². The highest BCUT2D eigenvalue weighted by Crippen LogP contribution is 2.19. The van der Waals surface area contributed by atoms with Gasteiger partial charge in [0.2, 0.25) is 5.95 Å². The molecular weight excluding hydrogens is 284 g/mol. The van der Waals surface area contributed by atoms with Crippen LogP contribution in [0.1, 0.15) is 0 Å². The van der Waals surface area contributed by atoms with Gasteiger partial charge in [-0.15, -0.1) is 11.3 Å². The number of thiazole rings is 1. The van der Waals surface area contributed by atoms with Gasteiger partial charge in [0.15, 0.2) is 11.5 Å². The molecule has 0 saturated carbocycles. The van der Waals surface area contributed by atoms with Crippen molar-refractivity contribution in [1.29, 1.82) is 0 Å². The van der Waals surface area contributed by atoms with Gasteiger partial charge in [-0.05, 0) is 12.2 Å². The zero-order valence-corrected chi connectivity index (χ0v) is 11.7. The first kappa shape index (κ1) is 12.0. The lowest BCUT2D eigenvalue weighted by atomic mass is 10.5. The summed E-state index contributed by atoms with van der Waals surface area (Å²) in [7, 11) is 0. The highest BCUT2D eigenvalue weighted by molar-refractivity contribution is 7.07. The van der Waals surface area contributed by atoms with Gasteiger partial charge in [-0.2, -0.15) is 4.98 Å². The van der Waals surface area contributed by atoms with Crippen molar-refractivity contribution in [1.82, 2.24) is 24.5 Å². The van der Waals surface area contributed by atoms with Crippen molar-refractivity contribution in [3.05, 3.63) is 60.1 Å². The Morgan fingerprint density at radius 3 is 2.57 bits per heavy atom. The van der Waals surface area contributed by atoms with E-state index in [1.165, 1.54) is 11.3 Å². The minimum Gasteiger partial charge on any atom is -0.293 e. The summed E-state index contributed by atoms with van der Waals surface area (Å²) in [6.07, 6.45) is 15.0. The maximum atomic E-state index is 4.61. The topological polar surface area (TPSA) is 59.7 Å². The van der Waals surface area contributed by atoms with Gasteiger partial charge >= 0.3 is 0 Å². The molecule has 0 fully saturated rings. The van der Waals surface area contributed by atoms with Crippen molar-refractivity contribution >= 4 is 28.4 Å². The van der Waals surface area contributed by atoms with Crippen LogP contribution < -0.4 is 4.90 Å². The summed E-state index contributed by atoms with van der Waals surface area (Å²) < 4.78 is 1.86. The first-order valence-electron chi connectivity index (χ1n) is 6.30. The Morgan fingerprint density at radius 1 is 0.952 bits per heavy atom. The average Bonchev–Trinajstić information content (AvgIpc) is 3.09. The second kappa shape index (κ2) is 4.95.